The minimum absolute atomic E-state index is 0.506. The lowest BCUT2D eigenvalue weighted by molar-refractivity contribution is 0.590. The molecule has 0 spiro atoms. The largest absolute Gasteiger partial charge is 0.308 e. The molecule has 0 amide bonds. The van der Waals surface area contributed by atoms with Gasteiger partial charge in [0.05, 0.1) is 11.9 Å². The number of aromatic nitrogens is 3. The first-order valence-electron chi connectivity index (χ1n) is 6.31. The van der Waals surface area contributed by atoms with Crippen molar-refractivity contribution in [2.45, 2.75) is 26.4 Å². The van der Waals surface area contributed by atoms with Crippen molar-refractivity contribution in [3.63, 3.8) is 0 Å². The fraction of sp³-hybridized carbons (Fsp3) is 0.462. The molecule has 2 aromatic heterocycles. The van der Waals surface area contributed by atoms with Gasteiger partial charge in [-0.05, 0) is 12.7 Å². The van der Waals surface area contributed by atoms with Gasteiger partial charge in [0, 0.05) is 36.1 Å². The van der Waals surface area contributed by atoms with E-state index in [-0.39, 0.29) is 0 Å². The maximum Gasteiger partial charge on any atom is 0.143 e. The van der Waals surface area contributed by atoms with Crippen molar-refractivity contribution in [1.82, 2.24) is 20.3 Å². The van der Waals surface area contributed by atoms with E-state index >= 15 is 0 Å². The molecule has 2 heterocycles. The molecule has 0 aliphatic carbocycles. The molecule has 1 unspecified atom stereocenters. The van der Waals surface area contributed by atoms with Gasteiger partial charge in [-0.3, -0.25) is 9.97 Å². The molecule has 0 fully saturated rings. The van der Waals surface area contributed by atoms with E-state index in [1.165, 1.54) is 5.75 Å². The fourth-order valence-electron chi connectivity index (χ4n) is 1.55. The lowest BCUT2D eigenvalue weighted by Crippen LogP contribution is -2.27. The lowest BCUT2D eigenvalue weighted by Gasteiger charge is -2.11. The van der Waals surface area contributed by atoms with Crippen molar-refractivity contribution >= 4 is 23.1 Å². The third-order valence-corrected chi connectivity index (χ3v) is 4.60. The zero-order valence-corrected chi connectivity index (χ0v) is 12.8. The predicted molar refractivity (Wildman–Crippen MR) is 82.4 cm³/mol. The van der Waals surface area contributed by atoms with E-state index in [0.717, 1.165) is 28.7 Å². The summed E-state index contributed by atoms with van der Waals surface area (Å²) in [4.78, 5) is 12.9. The fourth-order valence-corrected chi connectivity index (χ4v) is 3.03. The van der Waals surface area contributed by atoms with E-state index in [9.17, 15) is 0 Å². The highest BCUT2D eigenvalue weighted by Gasteiger charge is 2.07. The summed E-state index contributed by atoms with van der Waals surface area (Å²) >= 11 is 3.57. The third kappa shape index (κ3) is 4.56. The quantitative estimate of drug-likeness (QED) is 0.851. The van der Waals surface area contributed by atoms with E-state index in [4.69, 9.17) is 0 Å². The van der Waals surface area contributed by atoms with E-state index in [1.54, 1.807) is 29.9 Å². The van der Waals surface area contributed by atoms with Crippen LogP contribution in [0.1, 0.15) is 19.5 Å². The second-order valence-corrected chi connectivity index (χ2v) is 6.35. The molecular weight excluding hydrogens is 276 g/mol. The van der Waals surface area contributed by atoms with Gasteiger partial charge >= 0.3 is 0 Å². The number of nitrogens with one attached hydrogen (secondary N) is 1. The van der Waals surface area contributed by atoms with E-state index < -0.39 is 0 Å². The molecule has 0 aromatic carbocycles. The van der Waals surface area contributed by atoms with Gasteiger partial charge < -0.3 is 5.32 Å². The van der Waals surface area contributed by atoms with Crippen LogP contribution in [0, 0.1) is 0 Å². The Balaban J connectivity index is 1.88. The summed E-state index contributed by atoms with van der Waals surface area (Å²) in [5.41, 5.74) is 1.91. The molecule has 2 aromatic rings. The third-order valence-electron chi connectivity index (χ3n) is 2.54. The molecule has 0 saturated carbocycles. The zero-order chi connectivity index (χ0) is 13.5. The summed E-state index contributed by atoms with van der Waals surface area (Å²) in [5.74, 6) is 2.30. The number of thioether (sulfide) groups is 1. The van der Waals surface area contributed by atoms with Crippen LogP contribution in [-0.2, 0) is 6.54 Å². The van der Waals surface area contributed by atoms with Gasteiger partial charge in [0.2, 0.25) is 0 Å². The summed E-state index contributed by atoms with van der Waals surface area (Å²) in [7, 11) is 0. The minimum atomic E-state index is 0.506. The van der Waals surface area contributed by atoms with Gasteiger partial charge in [0.25, 0.3) is 0 Å². The standard InChI is InChI=1S/C13H18N4S2/c1-3-18-8-10(2)16-6-11-9-19-13(17-11)12-7-14-4-5-15-12/h4-5,7,9-10,16H,3,6,8H2,1-2H3. The van der Waals surface area contributed by atoms with Crippen molar-refractivity contribution in [2.75, 3.05) is 11.5 Å². The number of nitrogens with zero attached hydrogens (tertiary/aromatic N) is 3. The van der Waals surface area contributed by atoms with E-state index in [2.05, 4.69) is 39.5 Å². The highest BCUT2D eigenvalue weighted by Crippen LogP contribution is 2.20. The second kappa shape index (κ2) is 7.57. The maximum atomic E-state index is 4.58. The number of hydrogen-bond acceptors (Lipinski definition) is 6. The monoisotopic (exact) mass is 294 g/mol. The van der Waals surface area contributed by atoms with Crippen LogP contribution in [0.25, 0.3) is 10.7 Å². The van der Waals surface area contributed by atoms with Crippen LogP contribution in [0.5, 0.6) is 0 Å². The SMILES string of the molecule is CCSCC(C)NCc1csc(-c2cnccn2)n1. The van der Waals surface area contributed by atoms with Crippen molar-refractivity contribution in [3.05, 3.63) is 29.7 Å². The van der Waals surface area contributed by atoms with Gasteiger partial charge in [-0.1, -0.05) is 6.92 Å². The summed E-state index contributed by atoms with van der Waals surface area (Å²) in [6.45, 7) is 5.20. The molecule has 1 N–H and O–H groups in total. The Morgan fingerprint density at radius 1 is 1.42 bits per heavy atom. The predicted octanol–water partition coefficient (Wildman–Crippen LogP) is 2.83. The molecular formula is C13H18N4S2. The molecule has 4 nitrogen and oxygen atoms in total. The van der Waals surface area contributed by atoms with E-state index in [0.29, 0.717) is 6.04 Å². The number of hydrogen-bond donors (Lipinski definition) is 1. The highest BCUT2D eigenvalue weighted by molar-refractivity contribution is 7.99. The van der Waals surface area contributed by atoms with Crippen LogP contribution >= 0.6 is 23.1 Å². The van der Waals surface area contributed by atoms with Crippen LogP contribution in [0.2, 0.25) is 0 Å². The first-order valence-corrected chi connectivity index (χ1v) is 8.35. The lowest BCUT2D eigenvalue weighted by atomic mass is 10.3. The van der Waals surface area contributed by atoms with Crippen LogP contribution in [-0.4, -0.2) is 32.5 Å². The van der Waals surface area contributed by atoms with Gasteiger partial charge in [-0.25, -0.2) is 4.98 Å². The Hall–Kier alpha value is -0.980. The van der Waals surface area contributed by atoms with Gasteiger partial charge in [-0.15, -0.1) is 11.3 Å². The first-order chi connectivity index (χ1) is 9.29. The van der Waals surface area contributed by atoms with Crippen molar-refractivity contribution in [2.24, 2.45) is 0 Å². The summed E-state index contributed by atoms with van der Waals surface area (Å²) in [6.07, 6.45) is 5.11. The molecule has 0 radical (unpaired) electrons. The maximum absolute atomic E-state index is 4.58. The Bertz CT molecular complexity index is 486. The van der Waals surface area contributed by atoms with Crippen LogP contribution in [0.4, 0.5) is 0 Å². The number of thiazole rings is 1. The van der Waals surface area contributed by atoms with Crippen molar-refractivity contribution < 1.29 is 0 Å². The summed E-state index contributed by atoms with van der Waals surface area (Å²) < 4.78 is 0. The Kier molecular flexibility index (Phi) is 5.75. The van der Waals surface area contributed by atoms with Crippen molar-refractivity contribution in [1.29, 1.82) is 0 Å². The van der Waals surface area contributed by atoms with Crippen molar-refractivity contribution in [3.8, 4) is 10.7 Å². The smallest absolute Gasteiger partial charge is 0.143 e. The molecule has 0 aliphatic heterocycles. The van der Waals surface area contributed by atoms with Gasteiger partial charge in [-0.2, -0.15) is 11.8 Å². The average molecular weight is 294 g/mol. The highest BCUT2D eigenvalue weighted by atomic mass is 32.2. The molecule has 102 valence electrons. The molecule has 0 bridgehead atoms. The molecule has 2 rings (SSSR count). The topological polar surface area (TPSA) is 50.7 Å². The second-order valence-electron chi connectivity index (χ2n) is 4.18. The summed E-state index contributed by atoms with van der Waals surface area (Å²) in [5, 5.41) is 6.50. The molecule has 0 saturated heterocycles. The van der Waals surface area contributed by atoms with Gasteiger partial charge in [0.1, 0.15) is 10.7 Å². The Morgan fingerprint density at radius 2 is 2.32 bits per heavy atom. The zero-order valence-electron chi connectivity index (χ0n) is 11.2. The van der Waals surface area contributed by atoms with E-state index in [1.807, 2.05) is 11.8 Å². The summed E-state index contributed by atoms with van der Waals surface area (Å²) in [6, 6.07) is 0.506. The molecule has 19 heavy (non-hydrogen) atoms. The molecule has 6 heteroatoms. The van der Waals surface area contributed by atoms with Crippen LogP contribution < -0.4 is 5.32 Å². The Labute approximate surface area is 122 Å². The average Bonchev–Trinajstić information content (AvgIpc) is 2.93. The molecule has 0 aliphatic rings. The van der Waals surface area contributed by atoms with Crippen LogP contribution in [0.3, 0.4) is 0 Å². The Morgan fingerprint density at radius 3 is 3.05 bits per heavy atom. The normalized spacial score (nSPS) is 12.5. The van der Waals surface area contributed by atoms with Gasteiger partial charge in [0.15, 0.2) is 0 Å². The molecule has 1 atom stereocenters. The van der Waals surface area contributed by atoms with Crippen LogP contribution in [0.15, 0.2) is 24.0 Å². The number of rotatable bonds is 7. The minimum Gasteiger partial charge on any atom is -0.308 e. The first kappa shape index (κ1) is 14.4.